The van der Waals surface area contributed by atoms with Crippen LogP contribution in [0, 0.1) is 0 Å². The lowest BCUT2D eigenvalue weighted by molar-refractivity contribution is 0.669. The zero-order valence-corrected chi connectivity index (χ0v) is 33.4. The number of hydrogen-bond donors (Lipinski definition) is 0. The van der Waals surface area contributed by atoms with Crippen LogP contribution >= 0.6 is 0 Å². The van der Waals surface area contributed by atoms with Gasteiger partial charge in [0, 0.05) is 50.0 Å². The predicted octanol–water partition coefficient (Wildman–Crippen LogP) is 16.0. The van der Waals surface area contributed by atoms with Crippen LogP contribution in [0.2, 0.25) is 0 Å². The zero-order valence-electron chi connectivity index (χ0n) is 33.4. The number of hydrogen-bond acceptors (Lipinski definition) is 2. The van der Waals surface area contributed by atoms with Crippen molar-refractivity contribution in [2.45, 2.75) is 12.3 Å². The molecule has 12 rings (SSSR count). The summed E-state index contributed by atoms with van der Waals surface area (Å²) in [5, 5.41) is 4.65. The van der Waals surface area contributed by atoms with Crippen molar-refractivity contribution in [3.63, 3.8) is 0 Å². The van der Waals surface area contributed by atoms with Crippen LogP contribution in [0.3, 0.4) is 0 Å². The Bertz CT molecular complexity index is 3460. The molecule has 3 heteroatoms. The maximum absolute atomic E-state index is 6.47. The molecule has 1 unspecified atom stereocenters. The molecule has 0 N–H and O–H groups in total. The van der Waals surface area contributed by atoms with Crippen molar-refractivity contribution < 1.29 is 4.42 Å². The lowest BCUT2D eigenvalue weighted by Crippen LogP contribution is -2.14. The van der Waals surface area contributed by atoms with Crippen molar-refractivity contribution >= 4 is 66.9 Å². The molecule has 0 radical (unpaired) electrons. The summed E-state index contributed by atoms with van der Waals surface area (Å²) in [6, 6.07) is 77.0. The summed E-state index contributed by atoms with van der Waals surface area (Å²) in [5.74, 6) is 0.235. The summed E-state index contributed by atoms with van der Waals surface area (Å²) in [4.78, 5) is 2.50. The molecule has 9 aromatic carbocycles. The molecule has 0 saturated carbocycles. The Hall–Kier alpha value is -7.88. The van der Waals surface area contributed by atoms with Gasteiger partial charge in [-0.15, -0.1) is 0 Å². The largest absolute Gasteiger partial charge is 0.456 e. The van der Waals surface area contributed by atoms with Crippen LogP contribution in [0.25, 0.3) is 77.8 Å². The average molecular weight is 781 g/mol. The topological polar surface area (TPSA) is 21.3 Å². The van der Waals surface area contributed by atoms with Gasteiger partial charge in [0.15, 0.2) is 0 Å². The molecule has 0 aliphatic heterocycles. The fraction of sp³-hybridized carbons (Fsp3) is 0.0345. The molecule has 61 heavy (non-hydrogen) atoms. The van der Waals surface area contributed by atoms with E-state index in [1.54, 1.807) is 0 Å². The van der Waals surface area contributed by atoms with Gasteiger partial charge < -0.3 is 13.9 Å². The molecule has 1 atom stereocenters. The summed E-state index contributed by atoms with van der Waals surface area (Å²) in [6.07, 6.45) is 5.59. The van der Waals surface area contributed by atoms with E-state index in [1.165, 1.54) is 49.6 Å². The van der Waals surface area contributed by atoms with Gasteiger partial charge in [0.25, 0.3) is 0 Å². The van der Waals surface area contributed by atoms with E-state index in [0.717, 1.165) is 62.2 Å². The van der Waals surface area contributed by atoms with Crippen molar-refractivity contribution in [2.24, 2.45) is 0 Å². The van der Waals surface area contributed by atoms with Gasteiger partial charge in [0.05, 0.1) is 22.4 Å². The molecule has 0 amide bonds. The second-order valence-electron chi connectivity index (χ2n) is 15.9. The minimum atomic E-state index is 0.235. The molecular weight excluding hydrogens is 741 g/mol. The molecule has 0 saturated heterocycles. The van der Waals surface area contributed by atoms with Crippen molar-refractivity contribution in [1.29, 1.82) is 0 Å². The van der Waals surface area contributed by atoms with Crippen molar-refractivity contribution in [3.8, 4) is 27.9 Å². The van der Waals surface area contributed by atoms with E-state index >= 15 is 0 Å². The fourth-order valence-corrected chi connectivity index (χ4v) is 9.94. The number of rotatable bonds is 7. The molecule has 3 nitrogen and oxygen atoms in total. The number of furan rings is 1. The fourth-order valence-electron chi connectivity index (χ4n) is 9.94. The van der Waals surface area contributed by atoms with E-state index in [9.17, 15) is 0 Å². The van der Waals surface area contributed by atoms with Crippen LogP contribution in [-0.2, 0) is 0 Å². The summed E-state index contributed by atoms with van der Waals surface area (Å²) >= 11 is 0. The zero-order chi connectivity index (χ0) is 40.3. The van der Waals surface area contributed by atoms with Crippen molar-refractivity contribution in [3.05, 3.63) is 235 Å². The van der Waals surface area contributed by atoms with Gasteiger partial charge in [-0.2, -0.15) is 0 Å². The van der Waals surface area contributed by atoms with Crippen LogP contribution in [0.1, 0.15) is 29.0 Å². The van der Waals surface area contributed by atoms with Gasteiger partial charge >= 0.3 is 0 Å². The highest BCUT2D eigenvalue weighted by Crippen LogP contribution is 2.50. The highest BCUT2D eigenvalue weighted by Gasteiger charge is 2.27. The second-order valence-corrected chi connectivity index (χ2v) is 15.9. The van der Waals surface area contributed by atoms with Crippen LogP contribution in [0.5, 0.6) is 0 Å². The van der Waals surface area contributed by atoms with Gasteiger partial charge in [0.1, 0.15) is 11.2 Å². The summed E-state index contributed by atoms with van der Waals surface area (Å²) in [5.41, 5.74) is 17.2. The van der Waals surface area contributed by atoms with Gasteiger partial charge in [0.2, 0.25) is 0 Å². The number of fused-ring (bicyclic) bond motifs is 7. The molecule has 0 spiro atoms. The molecule has 0 fully saturated rings. The van der Waals surface area contributed by atoms with E-state index in [-0.39, 0.29) is 5.92 Å². The average Bonchev–Trinajstić information content (AvgIpc) is 3.88. The lowest BCUT2D eigenvalue weighted by Gasteiger charge is -2.32. The third kappa shape index (κ3) is 5.73. The van der Waals surface area contributed by atoms with Crippen LogP contribution in [-0.4, -0.2) is 4.57 Å². The summed E-state index contributed by atoms with van der Waals surface area (Å²) < 4.78 is 8.85. The van der Waals surface area contributed by atoms with Crippen LogP contribution in [0.15, 0.2) is 223 Å². The quantitative estimate of drug-likeness (QED) is 0.161. The molecule has 2 heterocycles. The first-order chi connectivity index (χ1) is 30.3. The second kappa shape index (κ2) is 14.4. The highest BCUT2D eigenvalue weighted by atomic mass is 16.3. The molecule has 1 aliphatic carbocycles. The number of aromatic nitrogens is 1. The van der Waals surface area contributed by atoms with E-state index < -0.39 is 0 Å². The van der Waals surface area contributed by atoms with Gasteiger partial charge in [-0.3, -0.25) is 0 Å². The number of para-hydroxylation sites is 5. The normalized spacial score (nSPS) is 13.6. The highest BCUT2D eigenvalue weighted by molar-refractivity contribution is 6.15. The molecule has 1 aliphatic rings. The number of anilines is 3. The summed E-state index contributed by atoms with van der Waals surface area (Å²) in [6.45, 7) is 0. The Kier molecular flexibility index (Phi) is 8.31. The van der Waals surface area contributed by atoms with Gasteiger partial charge in [-0.1, -0.05) is 164 Å². The van der Waals surface area contributed by atoms with Crippen LogP contribution < -0.4 is 4.90 Å². The first-order valence-corrected chi connectivity index (χ1v) is 21.1. The van der Waals surface area contributed by atoms with Gasteiger partial charge in [-0.25, -0.2) is 0 Å². The molecule has 11 aromatic rings. The number of nitrogens with zero attached hydrogens (tertiary/aromatic N) is 2. The third-order valence-corrected chi connectivity index (χ3v) is 12.6. The number of allylic oxidation sites excluding steroid dienone is 1. The Labute approximate surface area is 354 Å². The first-order valence-electron chi connectivity index (χ1n) is 21.1. The molecule has 2 aromatic heterocycles. The number of benzene rings is 9. The minimum Gasteiger partial charge on any atom is -0.456 e. The molecule has 288 valence electrons. The Morgan fingerprint density at radius 3 is 1.89 bits per heavy atom. The predicted molar refractivity (Wildman–Crippen MR) is 256 cm³/mol. The Morgan fingerprint density at radius 2 is 1.07 bits per heavy atom. The van der Waals surface area contributed by atoms with E-state index in [4.69, 9.17) is 4.42 Å². The monoisotopic (exact) mass is 780 g/mol. The van der Waals surface area contributed by atoms with Crippen molar-refractivity contribution in [2.75, 3.05) is 4.90 Å². The Morgan fingerprint density at radius 1 is 0.459 bits per heavy atom. The first kappa shape index (κ1) is 35.1. The lowest BCUT2D eigenvalue weighted by atomic mass is 9.78. The van der Waals surface area contributed by atoms with Crippen molar-refractivity contribution in [1.82, 2.24) is 4.57 Å². The minimum absolute atomic E-state index is 0.235. The van der Waals surface area contributed by atoms with E-state index in [0.29, 0.717) is 0 Å². The molecule has 0 bridgehead atoms. The standard InChI is InChI=1S/C58H40N2O/c1-3-18-39(19-4-1)43-28-15-20-40-21-16-29-47(57(40)43)44-24-7-11-31-51(44)60(42-36-37-54-50(38-42)46-26-9-13-33-53(46)59(54)41-22-5-2-6-23-41)52-32-12-8-25-45(52)48-30-17-35-56-58(48)49-27-10-14-34-55(49)61-56/h1-27,29-38,43H,28H2. The van der Waals surface area contributed by atoms with Crippen LogP contribution in [0.4, 0.5) is 17.1 Å². The van der Waals surface area contributed by atoms with E-state index in [2.05, 4.69) is 228 Å². The SMILES string of the molecule is C1=Cc2cccc(-c3ccccc3N(c3ccc4c(c3)c3ccccc3n4-c3ccccc3)c3ccccc3-c3cccc4oc5ccccc5c34)c2C(c2ccccc2)C1. The van der Waals surface area contributed by atoms with Gasteiger partial charge in [-0.05, 0) is 94.9 Å². The maximum atomic E-state index is 6.47. The Balaban J connectivity index is 1.14. The smallest absolute Gasteiger partial charge is 0.136 e. The maximum Gasteiger partial charge on any atom is 0.136 e. The molecular formula is C58H40N2O. The third-order valence-electron chi connectivity index (χ3n) is 12.6. The summed E-state index contributed by atoms with van der Waals surface area (Å²) in [7, 11) is 0. The van der Waals surface area contributed by atoms with E-state index in [1.807, 2.05) is 6.07 Å².